The normalized spacial score (nSPS) is 16.4. The summed E-state index contributed by atoms with van der Waals surface area (Å²) < 4.78 is 10.8. The first-order valence-corrected chi connectivity index (χ1v) is 8.60. The molecule has 0 amide bonds. The van der Waals surface area contributed by atoms with E-state index in [1.54, 1.807) is 30.5 Å². The van der Waals surface area contributed by atoms with E-state index in [2.05, 4.69) is 20.4 Å². The maximum atomic E-state index is 11.5. The van der Waals surface area contributed by atoms with E-state index in [1.165, 1.54) is 6.07 Å². The van der Waals surface area contributed by atoms with Crippen molar-refractivity contribution in [2.75, 3.05) is 18.5 Å². The summed E-state index contributed by atoms with van der Waals surface area (Å²) in [7, 11) is 0. The summed E-state index contributed by atoms with van der Waals surface area (Å²) >= 11 is 0. The quantitative estimate of drug-likeness (QED) is 0.521. The van der Waals surface area contributed by atoms with Gasteiger partial charge in [0.1, 0.15) is 11.4 Å². The molecule has 0 radical (unpaired) electrons. The molecule has 0 spiro atoms. The second-order valence-corrected chi connectivity index (χ2v) is 6.14. The average molecular weight is 367 g/mol. The lowest BCUT2D eigenvalue weighted by atomic mass is 10.1. The zero-order valence-electron chi connectivity index (χ0n) is 14.4. The largest absolute Gasteiger partial charge is 0.377 e. The predicted molar refractivity (Wildman–Crippen MR) is 97.1 cm³/mol. The van der Waals surface area contributed by atoms with Crippen molar-refractivity contribution < 1.29 is 14.2 Å². The number of nitro groups is 1. The number of benzene rings is 1. The van der Waals surface area contributed by atoms with Crippen LogP contribution in [0.1, 0.15) is 12.8 Å². The van der Waals surface area contributed by atoms with E-state index < -0.39 is 4.92 Å². The van der Waals surface area contributed by atoms with E-state index in [1.807, 2.05) is 6.07 Å². The molecule has 138 valence electrons. The number of aromatic nitrogens is 3. The van der Waals surface area contributed by atoms with Crippen LogP contribution in [0.5, 0.6) is 0 Å². The Bertz CT molecular complexity index is 938. The molecule has 4 rings (SSSR count). The first-order valence-electron chi connectivity index (χ1n) is 8.60. The van der Waals surface area contributed by atoms with Crippen molar-refractivity contribution >= 4 is 11.4 Å². The first kappa shape index (κ1) is 17.1. The van der Waals surface area contributed by atoms with Gasteiger partial charge in [0.15, 0.2) is 0 Å². The Morgan fingerprint density at radius 2 is 2.22 bits per heavy atom. The molecule has 0 saturated carbocycles. The molecule has 1 saturated heterocycles. The Balaban J connectivity index is 1.57. The minimum atomic E-state index is -0.429. The van der Waals surface area contributed by atoms with Gasteiger partial charge in [-0.2, -0.15) is 4.98 Å². The van der Waals surface area contributed by atoms with Crippen molar-refractivity contribution in [2.24, 2.45) is 0 Å². The van der Waals surface area contributed by atoms with Gasteiger partial charge in [-0.15, -0.1) is 0 Å². The monoisotopic (exact) mass is 367 g/mol. The van der Waals surface area contributed by atoms with Crippen LogP contribution in [0.15, 0.2) is 47.1 Å². The summed E-state index contributed by atoms with van der Waals surface area (Å²) in [5, 5.41) is 18.5. The van der Waals surface area contributed by atoms with Gasteiger partial charge in [-0.05, 0) is 37.1 Å². The highest BCUT2D eigenvalue weighted by Gasteiger charge is 2.21. The lowest BCUT2D eigenvalue weighted by Crippen LogP contribution is -2.18. The topological polar surface area (TPSA) is 116 Å². The molecule has 2 aromatic heterocycles. The van der Waals surface area contributed by atoms with E-state index in [-0.39, 0.29) is 23.5 Å². The summed E-state index contributed by atoms with van der Waals surface area (Å²) in [6.07, 6.45) is 3.68. The van der Waals surface area contributed by atoms with E-state index in [0.29, 0.717) is 23.5 Å². The third kappa shape index (κ3) is 3.77. The van der Waals surface area contributed by atoms with E-state index in [0.717, 1.165) is 19.4 Å². The Hall–Kier alpha value is -3.33. The summed E-state index contributed by atoms with van der Waals surface area (Å²) in [5.41, 5.74) is 1.43. The number of ether oxygens (including phenoxy) is 1. The van der Waals surface area contributed by atoms with Crippen LogP contribution >= 0.6 is 0 Å². The molecular weight excluding hydrogens is 350 g/mol. The minimum Gasteiger partial charge on any atom is -0.377 e. The minimum absolute atomic E-state index is 0.0466. The van der Waals surface area contributed by atoms with Crippen molar-refractivity contribution in [1.82, 2.24) is 15.1 Å². The van der Waals surface area contributed by atoms with E-state index in [9.17, 15) is 10.1 Å². The SMILES string of the molecule is O=[N+]([O-])c1cc(-c2noc(-c3ccccn3)n2)ccc1NCC1CCCO1. The number of nitrogens with zero attached hydrogens (tertiary/aromatic N) is 4. The van der Waals surface area contributed by atoms with Crippen LogP contribution in [0.25, 0.3) is 23.0 Å². The molecular formula is C18H17N5O4. The van der Waals surface area contributed by atoms with Crippen molar-refractivity contribution in [3.63, 3.8) is 0 Å². The average Bonchev–Trinajstić information content (AvgIpc) is 3.39. The fourth-order valence-electron chi connectivity index (χ4n) is 2.93. The highest BCUT2D eigenvalue weighted by molar-refractivity contribution is 5.70. The number of hydrogen-bond acceptors (Lipinski definition) is 8. The highest BCUT2D eigenvalue weighted by atomic mass is 16.6. The molecule has 3 heterocycles. The van der Waals surface area contributed by atoms with Gasteiger partial charge in [0, 0.05) is 31.0 Å². The van der Waals surface area contributed by atoms with Gasteiger partial charge in [0.25, 0.3) is 11.6 Å². The molecule has 3 aromatic rings. The van der Waals surface area contributed by atoms with Crippen LogP contribution in [-0.2, 0) is 4.74 Å². The molecule has 1 fully saturated rings. The molecule has 1 aliphatic heterocycles. The highest BCUT2D eigenvalue weighted by Crippen LogP contribution is 2.30. The summed E-state index contributed by atoms with van der Waals surface area (Å²) in [6, 6.07) is 10.2. The summed E-state index contributed by atoms with van der Waals surface area (Å²) in [5.74, 6) is 0.526. The molecule has 1 aliphatic rings. The molecule has 1 aromatic carbocycles. The Morgan fingerprint density at radius 3 is 2.96 bits per heavy atom. The fourth-order valence-corrected chi connectivity index (χ4v) is 2.93. The Labute approximate surface area is 154 Å². The van der Waals surface area contributed by atoms with Crippen LogP contribution in [-0.4, -0.2) is 39.3 Å². The molecule has 9 nitrogen and oxygen atoms in total. The summed E-state index contributed by atoms with van der Waals surface area (Å²) in [4.78, 5) is 19.5. The summed E-state index contributed by atoms with van der Waals surface area (Å²) in [6.45, 7) is 1.27. The van der Waals surface area contributed by atoms with E-state index >= 15 is 0 Å². The molecule has 1 N–H and O–H groups in total. The third-order valence-electron chi connectivity index (χ3n) is 4.31. The molecule has 1 unspecified atom stereocenters. The number of anilines is 1. The van der Waals surface area contributed by atoms with Crippen LogP contribution < -0.4 is 5.32 Å². The van der Waals surface area contributed by atoms with Crippen molar-refractivity contribution in [3.8, 4) is 23.0 Å². The second kappa shape index (κ2) is 7.50. The van der Waals surface area contributed by atoms with Gasteiger partial charge in [0.2, 0.25) is 5.82 Å². The third-order valence-corrected chi connectivity index (χ3v) is 4.31. The number of rotatable bonds is 6. The van der Waals surface area contributed by atoms with Gasteiger partial charge in [0.05, 0.1) is 11.0 Å². The number of nitro benzene ring substituents is 1. The molecule has 1 atom stereocenters. The smallest absolute Gasteiger partial charge is 0.293 e. The van der Waals surface area contributed by atoms with Crippen LogP contribution in [0.4, 0.5) is 11.4 Å². The fraction of sp³-hybridized carbons (Fsp3) is 0.278. The Kier molecular flexibility index (Phi) is 4.75. The first-order chi connectivity index (χ1) is 13.2. The van der Waals surface area contributed by atoms with Crippen LogP contribution in [0.2, 0.25) is 0 Å². The lowest BCUT2D eigenvalue weighted by molar-refractivity contribution is -0.383. The number of hydrogen-bond donors (Lipinski definition) is 1. The number of pyridine rings is 1. The molecule has 0 bridgehead atoms. The van der Waals surface area contributed by atoms with Gasteiger partial charge in [-0.1, -0.05) is 11.2 Å². The molecule has 27 heavy (non-hydrogen) atoms. The molecule has 0 aliphatic carbocycles. The van der Waals surface area contributed by atoms with E-state index in [4.69, 9.17) is 9.26 Å². The zero-order valence-corrected chi connectivity index (χ0v) is 14.4. The van der Waals surface area contributed by atoms with Crippen molar-refractivity contribution in [2.45, 2.75) is 18.9 Å². The maximum Gasteiger partial charge on any atom is 0.293 e. The predicted octanol–water partition coefficient (Wildman–Crippen LogP) is 3.30. The second-order valence-electron chi connectivity index (χ2n) is 6.14. The van der Waals surface area contributed by atoms with Gasteiger partial charge in [-0.25, -0.2) is 0 Å². The maximum absolute atomic E-state index is 11.5. The van der Waals surface area contributed by atoms with Gasteiger partial charge < -0.3 is 14.6 Å². The van der Waals surface area contributed by atoms with Crippen molar-refractivity contribution in [1.29, 1.82) is 0 Å². The van der Waals surface area contributed by atoms with Crippen LogP contribution in [0.3, 0.4) is 0 Å². The number of nitrogens with one attached hydrogen (secondary N) is 1. The Morgan fingerprint density at radius 1 is 1.30 bits per heavy atom. The standard InChI is InChI=1S/C18H17N5O4/c24-23(25)16-10-12(6-7-14(16)20-11-13-4-3-9-26-13)17-21-18(27-22-17)15-5-1-2-8-19-15/h1-2,5-8,10,13,20H,3-4,9,11H2. The molecule has 9 heteroatoms. The van der Waals surface area contributed by atoms with Crippen LogP contribution in [0, 0.1) is 10.1 Å². The lowest BCUT2D eigenvalue weighted by Gasteiger charge is -2.12. The van der Waals surface area contributed by atoms with Gasteiger partial charge in [-0.3, -0.25) is 15.1 Å². The zero-order chi connectivity index (χ0) is 18.6. The van der Waals surface area contributed by atoms with Gasteiger partial charge >= 0.3 is 0 Å². The van der Waals surface area contributed by atoms with Crippen molar-refractivity contribution in [3.05, 3.63) is 52.7 Å².